The highest BCUT2D eigenvalue weighted by molar-refractivity contribution is 5.84. The van der Waals surface area contributed by atoms with Crippen molar-refractivity contribution in [3.05, 3.63) is 72.1 Å². The van der Waals surface area contributed by atoms with Crippen molar-refractivity contribution >= 4 is 27.7 Å². The van der Waals surface area contributed by atoms with E-state index in [0.717, 1.165) is 21.9 Å². The molecule has 0 spiro atoms. The molecule has 0 saturated carbocycles. The van der Waals surface area contributed by atoms with E-state index in [-0.39, 0.29) is 24.1 Å². The van der Waals surface area contributed by atoms with E-state index in [0.29, 0.717) is 18.5 Å². The summed E-state index contributed by atoms with van der Waals surface area (Å²) in [6, 6.07) is 11.0. The van der Waals surface area contributed by atoms with Gasteiger partial charge in [0.2, 0.25) is 5.91 Å². The Hall–Kier alpha value is -3.15. The number of amides is 1. The van der Waals surface area contributed by atoms with Gasteiger partial charge in [-0.25, -0.2) is 8.78 Å². The first kappa shape index (κ1) is 16.3. The smallest absolute Gasteiger partial charge is 0.239 e. The first-order chi connectivity index (χ1) is 12.6. The minimum absolute atomic E-state index is 0.121. The number of nitrogens with zero attached hydrogens (tertiary/aromatic N) is 1. The Balaban J connectivity index is 1.39. The van der Waals surface area contributed by atoms with Crippen molar-refractivity contribution in [3.63, 3.8) is 0 Å². The number of hydrogen-bond acceptors (Lipinski definition) is 1. The van der Waals surface area contributed by atoms with Crippen molar-refractivity contribution in [3.8, 4) is 0 Å². The molecule has 2 aromatic heterocycles. The molecule has 0 aliphatic carbocycles. The lowest BCUT2D eigenvalue weighted by molar-refractivity contribution is -0.121. The Morgan fingerprint density at radius 3 is 2.77 bits per heavy atom. The molecular formula is C20H17F2N3O. The minimum atomic E-state index is -0.329. The summed E-state index contributed by atoms with van der Waals surface area (Å²) in [5, 5.41) is 4.57. The highest BCUT2D eigenvalue weighted by Crippen LogP contribution is 2.20. The largest absolute Gasteiger partial charge is 0.361 e. The van der Waals surface area contributed by atoms with Crippen molar-refractivity contribution in [2.75, 3.05) is 6.54 Å². The number of aromatic nitrogens is 2. The Labute approximate surface area is 148 Å². The lowest BCUT2D eigenvalue weighted by atomic mass is 10.1. The molecule has 0 saturated heterocycles. The lowest BCUT2D eigenvalue weighted by Gasteiger charge is -2.07. The maximum absolute atomic E-state index is 13.4. The SMILES string of the molecule is O=C(Cn1ccc2ccc(F)cc21)NCCc1c[nH]c2ccc(F)cc12. The molecule has 4 nitrogen and oxygen atoms in total. The number of H-pyrrole nitrogens is 1. The van der Waals surface area contributed by atoms with Gasteiger partial charge in [-0.05, 0) is 59.8 Å². The summed E-state index contributed by atoms with van der Waals surface area (Å²) < 4.78 is 28.5. The summed E-state index contributed by atoms with van der Waals surface area (Å²) in [5.41, 5.74) is 2.51. The predicted molar refractivity (Wildman–Crippen MR) is 96.9 cm³/mol. The van der Waals surface area contributed by atoms with Gasteiger partial charge in [-0.2, -0.15) is 0 Å². The zero-order chi connectivity index (χ0) is 18.1. The van der Waals surface area contributed by atoms with Crippen LogP contribution >= 0.6 is 0 Å². The molecule has 0 unspecified atom stereocenters. The van der Waals surface area contributed by atoms with Crippen molar-refractivity contribution in [1.82, 2.24) is 14.9 Å². The number of carbonyl (C=O) groups excluding carboxylic acids is 1. The highest BCUT2D eigenvalue weighted by Gasteiger charge is 2.08. The number of benzene rings is 2. The van der Waals surface area contributed by atoms with Crippen LogP contribution in [0.15, 0.2) is 54.9 Å². The second-order valence-electron chi connectivity index (χ2n) is 6.25. The van der Waals surface area contributed by atoms with Gasteiger partial charge >= 0.3 is 0 Å². The van der Waals surface area contributed by atoms with Crippen molar-refractivity contribution in [2.45, 2.75) is 13.0 Å². The molecule has 6 heteroatoms. The average molecular weight is 353 g/mol. The summed E-state index contributed by atoms with van der Waals surface area (Å²) in [5.74, 6) is -0.767. The van der Waals surface area contributed by atoms with Crippen LogP contribution in [0.3, 0.4) is 0 Å². The third-order valence-electron chi connectivity index (χ3n) is 4.50. The summed E-state index contributed by atoms with van der Waals surface area (Å²) >= 11 is 0. The quantitative estimate of drug-likeness (QED) is 0.564. The van der Waals surface area contributed by atoms with Gasteiger partial charge in [0.1, 0.15) is 18.2 Å². The van der Waals surface area contributed by atoms with Crippen LogP contribution in [0.5, 0.6) is 0 Å². The Bertz CT molecular complexity index is 1100. The molecule has 4 rings (SSSR count). The number of rotatable bonds is 5. The maximum Gasteiger partial charge on any atom is 0.239 e. The maximum atomic E-state index is 13.4. The van der Waals surface area contributed by atoms with E-state index >= 15 is 0 Å². The summed E-state index contributed by atoms with van der Waals surface area (Å²) in [4.78, 5) is 15.3. The summed E-state index contributed by atoms with van der Waals surface area (Å²) in [6.07, 6.45) is 4.20. The van der Waals surface area contributed by atoms with Crippen LogP contribution in [0.25, 0.3) is 21.8 Å². The zero-order valence-corrected chi connectivity index (χ0v) is 13.9. The van der Waals surface area contributed by atoms with E-state index in [1.807, 2.05) is 12.3 Å². The second kappa shape index (κ2) is 6.63. The Morgan fingerprint density at radius 1 is 1.08 bits per heavy atom. The fourth-order valence-electron chi connectivity index (χ4n) is 3.20. The topological polar surface area (TPSA) is 49.8 Å². The minimum Gasteiger partial charge on any atom is -0.361 e. The molecule has 0 atom stereocenters. The van der Waals surface area contributed by atoms with Gasteiger partial charge in [0.25, 0.3) is 0 Å². The molecule has 0 bridgehead atoms. The number of halogens is 2. The van der Waals surface area contributed by atoms with Gasteiger partial charge in [-0.3, -0.25) is 4.79 Å². The molecule has 1 amide bonds. The third kappa shape index (κ3) is 3.18. The van der Waals surface area contributed by atoms with Crippen molar-refractivity contribution in [2.24, 2.45) is 0 Å². The van der Waals surface area contributed by atoms with Crippen LogP contribution in [-0.2, 0) is 17.8 Å². The number of fused-ring (bicyclic) bond motifs is 2. The van der Waals surface area contributed by atoms with Crippen LogP contribution in [0.4, 0.5) is 8.78 Å². The van der Waals surface area contributed by atoms with Gasteiger partial charge in [0.15, 0.2) is 0 Å². The molecule has 0 fully saturated rings. The molecule has 26 heavy (non-hydrogen) atoms. The van der Waals surface area contributed by atoms with Gasteiger partial charge < -0.3 is 14.9 Å². The first-order valence-corrected chi connectivity index (χ1v) is 8.37. The van der Waals surface area contributed by atoms with Crippen LogP contribution < -0.4 is 5.32 Å². The van der Waals surface area contributed by atoms with Crippen LogP contribution in [0.2, 0.25) is 0 Å². The van der Waals surface area contributed by atoms with E-state index in [1.54, 1.807) is 22.9 Å². The normalized spacial score (nSPS) is 11.3. The molecule has 4 aromatic rings. The highest BCUT2D eigenvalue weighted by atomic mass is 19.1. The van der Waals surface area contributed by atoms with Gasteiger partial charge in [0.05, 0.1) is 5.52 Å². The van der Waals surface area contributed by atoms with Crippen LogP contribution in [0, 0.1) is 11.6 Å². The Kier molecular flexibility index (Phi) is 4.16. The van der Waals surface area contributed by atoms with Crippen LogP contribution in [-0.4, -0.2) is 22.0 Å². The van der Waals surface area contributed by atoms with Gasteiger partial charge in [-0.15, -0.1) is 0 Å². The monoisotopic (exact) mass is 353 g/mol. The number of aromatic amines is 1. The Morgan fingerprint density at radius 2 is 1.88 bits per heavy atom. The van der Waals surface area contributed by atoms with E-state index in [2.05, 4.69) is 10.3 Å². The molecule has 2 N–H and O–H groups in total. The molecule has 2 heterocycles. The number of carbonyl (C=O) groups is 1. The summed E-state index contributed by atoms with van der Waals surface area (Å²) in [6.45, 7) is 0.561. The van der Waals surface area contributed by atoms with Crippen molar-refractivity contribution < 1.29 is 13.6 Å². The zero-order valence-electron chi connectivity index (χ0n) is 13.9. The molecule has 0 aliphatic heterocycles. The van der Waals surface area contributed by atoms with E-state index in [9.17, 15) is 13.6 Å². The van der Waals surface area contributed by atoms with E-state index in [1.165, 1.54) is 24.3 Å². The molecule has 0 radical (unpaired) electrons. The fraction of sp³-hybridized carbons (Fsp3) is 0.150. The molecule has 132 valence electrons. The first-order valence-electron chi connectivity index (χ1n) is 8.37. The van der Waals surface area contributed by atoms with Crippen LogP contribution in [0.1, 0.15) is 5.56 Å². The van der Waals surface area contributed by atoms with E-state index < -0.39 is 0 Å². The van der Waals surface area contributed by atoms with E-state index in [4.69, 9.17) is 0 Å². The molecule has 0 aliphatic rings. The predicted octanol–water partition coefficient (Wildman–Crippen LogP) is 3.76. The molecular weight excluding hydrogens is 336 g/mol. The second-order valence-corrected chi connectivity index (χ2v) is 6.25. The third-order valence-corrected chi connectivity index (χ3v) is 4.50. The summed E-state index contributed by atoms with van der Waals surface area (Å²) in [7, 11) is 0. The number of hydrogen-bond donors (Lipinski definition) is 2. The lowest BCUT2D eigenvalue weighted by Crippen LogP contribution is -2.29. The fourth-order valence-corrected chi connectivity index (χ4v) is 3.20. The van der Waals surface area contributed by atoms with Gasteiger partial charge in [-0.1, -0.05) is 0 Å². The molecule has 2 aromatic carbocycles. The number of nitrogens with one attached hydrogen (secondary N) is 2. The standard InChI is InChI=1S/C20H17F2N3O/c21-15-3-4-18-17(9-15)14(11-24-18)5-7-23-20(26)12-25-8-6-13-1-2-16(22)10-19(13)25/h1-4,6,8-11,24H,5,7,12H2,(H,23,26). The average Bonchev–Trinajstić information content (AvgIpc) is 3.19. The van der Waals surface area contributed by atoms with Crippen molar-refractivity contribution in [1.29, 1.82) is 0 Å². The van der Waals surface area contributed by atoms with Gasteiger partial charge in [0, 0.05) is 29.8 Å².